The summed E-state index contributed by atoms with van der Waals surface area (Å²) in [6, 6.07) is 8.40. The number of benzene rings is 2. The number of fused-ring (bicyclic) bond motifs is 1. The summed E-state index contributed by atoms with van der Waals surface area (Å²) in [5.41, 5.74) is 1.63. The Hall–Kier alpha value is -2.29. The zero-order valence-corrected chi connectivity index (χ0v) is 11.1. The second kappa shape index (κ2) is 4.76. The summed E-state index contributed by atoms with van der Waals surface area (Å²) < 4.78 is 0. The van der Waals surface area contributed by atoms with Crippen LogP contribution in [-0.4, -0.2) is 17.3 Å². The maximum absolute atomic E-state index is 11.7. The molecule has 19 heavy (non-hydrogen) atoms. The standard InChI is InChI=1S/C16H14O3/c1-9(17)12-4-5-15-13(10(2)18)6-7-14(11(3)19)16(15)8-12/h4-8H,1-3H3. The van der Waals surface area contributed by atoms with E-state index in [4.69, 9.17) is 0 Å². The van der Waals surface area contributed by atoms with Crippen LogP contribution in [0.3, 0.4) is 0 Å². The van der Waals surface area contributed by atoms with E-state index in [1.165, 1.54) is 20.8 Å². The smallest absolute Gasteiger partial charge is 0.160 e. The van der Waals surface area contributed by atoms with Crippen LogP contribution in [-0.2, 0) is 0 Å². The third-order valence-electron chi connectivity index (χ3n) is 3.18. The van der Waals surface area contributed by atoms with Gasteiger partial charge in [-0.1, -0.05) is 24.3 Å². The maximum atomic E-state index is 11.7. The number of Topliss-reactive ketones (excluding diaryl/α,β-unsaturated/α-hetero) is 3. The van der Waals surface area contributed by atoms with Gasteiger partial charge in [0.05, 0.1) is 0 Å². The minimum absolute atomic E-state index is 0.0596. The Morgan fingerprint density at radius 2 is 1.21 bits per heavy atom. The van der Waals surface area contributed by atoms with Crippen molar-refractivity contribution in [1.82, 2.24) is 0 Å². The predicted molar refractivity (Wildman–Crippen MR) is 74.0 cm³/mol. The summed E-state index contributed by atoms with van der Waals surface area (Å²) in [7, 11) is 0. The summed E-state index contributed by atoms with van der Waals surface area (Å²) in [6.45, 7) is 4.44. The molecule has 0 atom stereocenters. The van der Waals surface area contributed by atoms with Crippen LogP contribution in [0.25, 0.3) is 10.8 Å². The molecule has 3 heteroatoms. The Morgan fingerprint density at radius 1 is 0.684 bits per heavy atom. The van der Waals surface area contributed by atoms with Crippen molar-refractivity contribution in [1.29, 1.82) is 0 Å². The van der Waals surface area contributed by atoms with Crippen molar-refractivity contribution in [3.63, 3.8) is 0 Å². The first kappa shape index (κ1) is 13.1. The van der Waals surface area contributed by atoms with Crippen molar-refractivity contribution in [3.05, 3.63) is 47.0 Å². The largest absolute Gasteiger partial charge is 0.295 e. The van der Waals surface area contributed by atoms with Gasteiger partial charge < -0.3 is 0 Å². The van der Waals surface area contributed by atoms with Gasteiger partial charge in [-0.2, -0.15) is 0 Å². The summed E-state index contributed by atoms with van der Waals surface area (Å²) in [6.07, 6.45) is 0. The van der Waals surface area contributed by atoms with E-state index in [1.54, 1.807) is 30.3 Å². The molecule has 0 saturated heterocycles. The fraction of sp³-hybridized carbons (Fsp3) is 0.188. The van der Waals surface area contributed by atoms with E-state index in [9.17, 15) is 14.4 Å². The molecule has 0 aliphatic heterocycles. The normalized spacial score (nSPS) is 10.5. The molecule has 0 aliphatic rings. The average molecular weight is 254 g/mol. The van der Waals surface area contributed by atoms with Gasteiger partial charge in [-0.3, -0.25) is 14.4 Å². The van der Waals surface area contributed by atoms with E-state index in [1.807, 2.05) is 0 Å². The molecule has 0 spiro atoms. The van der Waals surface area contributed by atoms with Gasteiger partial charge in [0.15, 0.2) is 17.3 Å². The first-order chi connectivity index (χ1) is 8.91. The highest BCUT2D eigenvalue weighted by molar-refractivity contribution is 6.15. The Balaban J connectivity index is 2.88. The van der Waals surface area contributed by atoms with Crippen molar-refractivity contribution in [2.45, 2.75) is 20.8 Å². The topological polar surface area (TPSA) is 51.2 Å². The van der Waals surface area contributed by atoms with Crippen LogP contribution in [0, 0.1) is 0 Å². The van der Waals surface area contributed by atoms with Gasteiger partial charge in [0.2, 0.25) is 0 Å². The van der Waals surface area contributed by atoms with Crippen molar-refractivity contribution in [3.8, 4) is 0 Å². The lowest BCUT2D eigenvalue weighted by Crippen LogP contribution is -2.01. The third-order valence-corrected chi connectivity index (χ3v) is 3.18. The number of carbonyl (C=O) groups is 3. The molecule has 3 nitrogen and oxygen atoms in total. The van der Waals surface area contributed by atoms with E-state index in [0.717, 1.165) is 0 Å². The fourth-order valence-electron chi connectivity index (χ4n) is 2.18. The fourth-order valence-corrected chi connectivity index (χ4v) is 2.18. The molecule has 0 saturated carbocycles. The zero-order chi connectivity index (χ0) is 14.2. The molecule has 0 radical (unpaired) electrons. The van der Waals surface area contributed by atoms with E-state index in [2.05, 4.69) is 0 Å². The van der Waals surface area contributed by atoms with Crippen LogP contribution < -0.4 is 0 Å². The van der Waals surface area contributed by atoms with Crippen LogP contribution in [0.4, 0.5) is 0 Å². The van der Waals surface area contributed by atoms with Crippen molar-refractivity contribution in [2.24, 2.45) is 0 Å². The summed E-state index contributed by atoms with van der Waals surface area (Å²) in [5.74, 6) is -0.207. The van der Waals surface area contributed by atoms with Gasteiger partial charge in [0.1, 0.15) is 0 Å². The number of rotatable bonds is 3. The van der Waals surface area contributed by atoms with Crippen molar-refractivity contribution >= 4 is 28.1 Å². The molecule has 96 valence electrons. The van der Waals surface area contributed by atoms with Gasteiger partial charge in [-0.05, 0) is 37.6 Å². The van der Waals surface area contributed by atoms with E-state index < -0.39 is 0 Å². The molecule has 0 aromatic heterocycles. The van der Waals surface area contributed by atoms with Crippen LogP contribution in [0.2, 0.25) is 0 Å². The molecule has 0 fully saturated rings. The Bertz CT molecular complexity index is 711. The van der Waals surface area contributed by atoms with Crippen LogP contribution in [0.15, 0.2) is 30.3 Å². The summed E-state index contributed by atoms with van der Waals surface area (Å²) in [4.78, 5) is 34.7. The van der Waals surface area contributed by atoms with Gasteiger partial charge in [-0.25, -0.2) is 0 Å². The maximum Gasteiger partial charge on any atom is 0.160 e. The second-order valence-corrected chi connectivity index (χ2v) is 4.59. The monoisotopic (exact) mass is 254 g/mol. The highest BCUT2D eigenvalue weighted by atomic mass is 16.1. The quantitative estimate of drug-likeness (QED) is 0.788. The Kier molecular flexibility index (Phi) is 3.30. The highest BCUT2D eigenvalue weighted by Gasteiger charge is 2.13. The number of carbonyl (C=O) groups excluding carboxylic acids is 3. The van der Waals surface area contributed by atoms with Crippen LogP contribution >= 0.6 is 0 Å². The molecule has 0 bridgehead atoms. The highest BCUT2D eigenvalue weighted by Crippen LogP contribution is 2.25. The van der Waals surface area contributed by atoms with Crippen LogP contribution in [0.1, 0.15) is 51.8 Å². The third kappa shape index (κ3) is 2.32. The molecular weight excluding hydrogens is 240 g/mol. The second-order valence-electron chi connectivity index (χ2n) is 4.59. The molecular formula is C16H14O3. The SMILES string of the molecule is CC(=O)c1ccc2c(C(C)=O)ccc(C(C)=O)c2c1. The molecule has 2 aromatic rings. The first-order valence-corrected chi connectivity index (χ1v) is 6.01. The molecule has 0 N–H and O–H groups in total. The molecule has 0 aliphatic carbocycles. The molecule has 0 heterocycles. The Labute approximate surface area is 111 Å². The van der Waals surface area contributed by atoms with E-state index in [0.29, 0.717) is 27.5 Å². The molecule has 0 unspecified atom stereocenters. The van der Waals surface area contributed by atoms with Crippen molar-refractivity contribution < 1.29 is 14.4 Å². The number of ketones is 3. The van der Waals surface area contributed by atoms with Gasteiger partial charge in [0.25, 0.3) is 0 Å². The lowest BCUT2D eigenvalue weighted by atomic mass is 9.94. The lowest BCUT2D eigenvalue weighted by molar-refractivity contribution is 0.100. The minimum atomic E-state index is -0.0826. The predicted octanol–water partition coefficient (Wildman–Crippen LogP) is 3.45. The molecule has 2 aromatic carbocycles. The van der Waals surface area contributed by atoms with Gasteiger partial charge >= 0.3 is 0 Å². The van der Waals surface area contributed by atoms with Gasteiger partial charge in [-0.15, -0.1) is 0 Å². The zero-order valence-electron chi connectivity index (χ0n) is 11.1. The molecule has 2 rings (SSSR count). The molecule has 0 amide bonds. The average Bonchev–Trinajstić information content (AvgIpc) is 2.36. The van der Waals surface area contributed by atoms with E-state index >= 15 is 0 Å². The number of hydrogen-bond donors (Lipinski definition) is 0. The Morgan fingerprint density at radius 3 is 1.68 bits per heavy atom. The lowest BCUT2D eigenvalue weighted by Gasteiger charge is -2.09. The first-order valence-electron chi connectivity index (χ1n) is 6.01. The van der Waals surface area contributed by atoms with Crippen LogP contribution in [0.5, 0.6) is 0 Å². The van der Waals surface area contributed by atoms with Crippen molar-refractivity contribution in [2.75, 3.05) is 0 Å². The summed E-state index contributed by atoms with van der Waals surface area (Å²) in [5, 5.41) is 1.37. The number of hydrogen-bond acceptors (Lipinski definition) is 3. The minimum Gasteiger partial charge on any atom is -0.295 e. The van der Waals surface area contributed by atoms with E-state index in [-0.39, 0.29) is 17.3 Å². The summed E-state index contributed by atoms with van der Waals surface area (Å²) >= 11 is 0. The van der Waals surface area contributed by atoms with Gasteiger partial charge in [0, 0.05) is 16.7 Å².